The second-order valence-corrected chi connectivity index (χ2v) is 12.3. The predicted molar refractivity (Wildman–Crippen MR) is 114 cm³/mol. The van der Waals surface area contributed by atoms with Crippen LogP contribution in [0.1, 0.15) is 4.28 Å². The van der Waals surface area contributed by atoms with E-state index in [2.05, 4.69) is 0 Å². The summed E-state index contributed by atoms with van der Waals surface area (Å²) < 4.78 is 134. The molecule has 36 heavy (non-hydrogen) atoms. The number of rotatable bonds is 4. The zero-order valence-electron chi connectivity index (χ0n) is 21.5. The molecule has 20 heteroatoms. The molecule has 4 aromatic rings. The quantitative estimate of drug-likeness (QED) is 0.0821. The number of hydrogen-bond acceptors (Lipinski definition) is 9. The molecule has 0 saturated carbocycles. The van der Waals surface area contributed by atoms with Crippen molar-refractivity contribution < 1.29 is 150 Å². The summed E-state index contributed by atoms with van der Waals surface area (Å²) in [5, 5.41) is 7.73. The standard InChI is InChI=1S/C16H10O13S4.3Na.3H/c17-14-8-3-1-6-10(30(18,19)20)5-11(31(21,22)23)7-2-4-9(13(8)12(6)7)15(32(24,25)26)16(14)33(27,28)29;;;;;;/h1-5,17H,(H,18,19,20)(H,21,22,23)(H,24,25,26)(H,27,28,29);;;;;;/q;3*+1;3*-1. The van der Waals surface area contributed by atoms with Gasteiger partial charge in [-0.15, -0.1) is 0 Å². The van der Waals surface area contributed by atoms with Gasteiger partial charge in [0.2, 0.25) is 0 Å². The van der Waals surface area contributed by atoms with Crippen LogP contribution in [0.25, 0.3) is 32.3 Å². The molecule has 0 fully saturated rings. The van der Waals surface area contributed by atoms with E-state index in [-0.39, 0.29) is 93.0 Å². The van der Waals surface area contributed by atoms with Crippen LogP contribution in [0.3, 0.4) is 0 Å². The summed E-state index contributed by atoms with van der Waals surface area (Å²) in [6.45, 7) is 0. The van der Waals surface area contributed by atoms with Gasteiger partial charge in [-0.05, 0) is 12.1 Å². The van der Waals surface area contributed by atoms with E-state index in [4.69, 9.17) is 0 Å². The number of phenols is 1. The predicted octanol–water partition coefficient (Wildman–Crippen LogP) is -7.37. The first kappa shape index (κ1) is 34.4. The molecular weight excluding hydrogens is 597 g/mol. The largest absolute Gasteiger partial charge is 1.00 e. The molecule has 182 valence electrons. The zero-order valence-corrected chi connectivity index (χ0v) is 27.8. The number of benzene rings is 4. The van der Waals surface area contributed by atoms with Crippen molar-refractivity contribution in [3.63, 3.8) is 0 Å². The van der Waals surface area contributed by atoms with Crippen molar-refractivity contribution in [3.8, 4) is 5.75 Å². The summed E-state index contributed by atoms with van der Waals surface area (Å²) in [4.78, 5) is -5.05. The van der Waals surface area contributed by atoms with E-state index >= 15 is 0 Å². The molecule has 13 nitrogen and oxygen atoms in total. The van der Waals surface area contributed by atoms with Crippen molar-refractivity contribution >= 4 is 72.8 Å². The summed E-state index contributed by atoms with van der Waals surface area (Å²) >= 11 is 0. The molecule has 0 aliphatic carbocycles. The van der Waals surface area contributed by atoms with Crippen molar-refractivity contribution in [1.82, 2.24) is 0 Å². The van der Waals surface area contributed by atoms with E-state index in [9.17, 15) is 57.0 Å². The Morgan fingerprint density at radius 2 is 0.833 bits per heavy atom. The Morgan fingerprint density at radius 3 is 1.19 bits per heavy atom. The summed E-state index contributed by atoms with van der Waals surface area (Å²) in [6.07, 6.45) is 0. The van der Waals surface area contributed by atoms with Crippen LogP contribution in [0.5, 0.6) is 5.75 Å². The Balaban J connectivity index is -0.00000216. The minimum atomic E-state index is -5.48. The van der Waals surface area contributed by atoms with Crippen LogP contribution < -0.4 is 88.7 Å². The first-order chi connectivity index (χ1) is 14.8. The Hall–Kier alpha value is 0.360. The Labute approximate surface area is 274 Å². The fourth-order valence-electron chi connectivity index (χ4n) is 3.84. The van der Waals surface area contributed by atoms with Gasteiger partial charge in [-0.25, -0.2) is 0 Å². The van der Waals surface area contributed by atoms with Gasteiger partial charge in [0.25, 0.3) is 40.5 Å². The van der Waals surface area contributed by atoms with E-state index in [0.29, 0.717) is 6.07 Å². The van der Waals surface area contributed by atoms with Gasteiger partial charge in [-0.3, -0.25) is 18.2 Å². The Kier molecular flexibility index (Phi) is 10.3. The third-order valence-electron chi connectivity index (χ3n) is 4.95. The number of phenolic OH excluding ortho intramolecular Hbond substituents is 1. The van der Waals surface area contributed by atoms with Crippen LogP contribution >= 0.6 is 0 Å². The van der Waals surface area contributed by atoms with Crippen molar-refractivity contribution in [2.45, 2.75) is 19.6 Å². The van der Waals surface area contributed by atoms with Gasteiger partial charge in [-0.2, -0.15) is 33.7 Å². The van der Waals surface area contributed by atoms with E-state index in [1.165, 1.54) is 0 Å². The minimum Gasteiger partial charge on any atom is -1.00 e. The smallest absolute Gasteiger partial charge is 1.00 e. The third-order valence-corrected chi connectivity index (χ3v) is 8.72. The monoisotopic (exact) mass is 610 g/mol. The Bertz CT molecular complexity index is 1930. The van der Waals surface area contributed by atoms with Gasteiger partial charge in [0.05, 0.1) is 0 Å². The maximum Gasteiger partial charge on any atom is 1.00 e. The van der Waals surface area contributed by atoms with E-state index in [0.717, 1.165) is 24.3 Å². The molecule has 0 amide bonds. The molecule has 0 atom stereocenters. The zero-order chi connectivity index (χ0) is 24.9. The topological polar surface area (TPSA) is 238 Å². The fraction of sp³-hybridized carbons (Fsp3) is 0. The van der Waals surface area contributed by atoms with Crippen LogP contribution in [0.15, 0.2) is 49.9 Å². The van der Waals surface area contributed by atoms with Gasteiger partial charge in [0.1, 0.15) is 20.4 Å². The number of aromatic hydroxyl groups is 1. The van der Waals surface area contributed by atoms with Gasteiger partial charge >= 0.3 is 88.7 Å². The third kappa shape index (κ3) is 5.64. The maximum atomic E-state index is 12.0. The minimum absolute atomic E-state index is 0. The molecule has 0 spiro atoms. The number of hydrogen-bond donors (Lipinski definition) is 5. The molecule has 0 saturated heterocycles. The van der Waals surface area contributed by atoms with Crippen LogP contribution in [0.4, 0.5) is 0 Å². The summed E-state index contributed by atoms with van der Waals surface area (Å²) in [6, 6.07) is 4.02. The van der Waals surface area contributed by atoms with Gasteiger partial charge in [-0.1, -0.05) is 18.2 Å². The average molecular weight is 611 g/mol. The molecule has 0 unspecified atom stereocenters. The van der Waals surface area contributed by atoms with Crippen LogP contribution in [0.2, 0.25) is 0 Å². The summed E-state index contributed by atoms with van der Waals surface area (Å²) in [5.74, 6) is -1.35. The molecule has 0 heterocycles. The van der Waals surface area contributed by atoms with Gasteiger partial charge < -0.3 is 9.39 Å². The van der Waals surface area contributed by atoms with E-state index in [1.807, 2.05) is 0 Å². The van der Waals surface area contributed by atoms with Gasteiger partial charge in [0.15, 0.2) is 4.90 Å². The van der Waals surface area contributed by atoms with E-state index in [1.54, 1.807) is 0 Å². The molecule has 0 bridgehead atoms. The van der Waals surface area contributed by atoms with Crippen molar-refractivity contribution in [2.75, 3.05) is 0 Å². The average Bonchev–Trinajstić information content (AvgIpc) is 2.62. The van der Waals surface area contributed by atoms with Crippen molar-refractivity contribution in [2.24, 2.45) is 0 Å². The molecule has 0 aliphatic heterocycles. The normalized spacial score (nSPS) is 12.8. The first-order valence-electron chi connectivity index (χ1n) is 8.25. The van der Waals surface area contributed by atoms with Crippen molar-refractivity contribution in [3.05, 3.63) is 30.3 Å². The fourth-order valence-corrected chi connectivity index (χ4v) is 7.46. The molecular formula is C16H13Na3O13S4. The van der Waals surface area contributed by atoms with Gasteiger partial charge in [0, 0.05) is 32.3 Å². The van der Waals surface area contributed by atoms with Crippen molar-refractivity contribution in [1.29, 1.82) is 0 Å². The first-order valence-corrected chi connectivity index (χ1v) is 14.0. The Morgan fingerprint density at radius 1 is 0.500 bits per heavy atom. The molecule has 0 radical (unpaired) electrons. The molecule has 0 aliphatic rings. The maximum absolute atomic E-state index is 12.0. The van der Waals surface area contributed by atoms with E-state index < -0.39 is 98.1 Å². The second kappa shape index (κ2) is 10.7. The molecule has 4 aromatic carbocycles. The molecule has 5 N–H and O–H groups in total. The van der Waals surface area contributed by atoms with Crippen LogP contribution in [-0.4, -0.2) is 57.0 Å². The summed E-state index contributed by atoms with van der Waals surface area (Å²) in [7, 11) is -21.2. The van der Waals surface area contributed by atoms with Crippen LogP contribution in [-0.2, 0) is 40.5 Å². The van der Waals surface area contributed by atoms with Crippen LogP contribution in [0, 0.1) is 0 Å². The summed E-state index contributed by atoms with van der Waals surface area (Å²) in [5.41, 5.74) is 0. The molecule has 4 rings (SSSR count). The molecule has 0 aromatic heterocycles. The SMILES string of the molecule is O=S(=O)(O)c1c(O)c2ccc3c(S(=O)(=O)O)cc(S(=O)(=O)O)c4ccc(c1S(=O)(=O)O)c2c34.[H-].[H-].[H-].[Na+].[Na+].[Na+]. The second-order valence-electron chi connectivity index (χ2n) is 6.85.